The first-order chi connectivity index (χ1) is 8.70. The highest BCUT2D eigenvalue weighted by Crippen LogP contribution is 2.30. The van der Waals surface area contributed by atoms with E-state index in [1.165, 1.54) is 17.3 Å². The number of aromatic nitrogens is 1. The van der Waals surface area contributed by atoms with Crippen LogP contribution in [0.3, 0.4) is 0 Å². The second-order valence-electron chi connectivity index (χ2n) is 3.85. The van der Waals surface area contributed by atoms with Gasteiger partial charge in [-0.05, 0) is 6.07 Å². The van der Waals surface area contributed by atoms with Crippen LogP contribution in [-0.4, -0.2) is 41.1 Å². The maximum Gasteiger partial charge on any atom is 0.147 e. The van der Waals surface area contributed by atoms with E-state index < -0.39 is 0 Å². The molecule has 2 heterocycles. The number of halogens is 2. The van der Waals surface area contributed by atoms with Crippen LogP contribution in [0.5, 0.6) is 0 Å². The Morgan fingerprint density at radius 3 is 2.78 bits per heavy atom. The molecule has 1 fully saturated rings. The zero-order chi connectivity index (χ0) is 13.0. The Labute approximate surface area is 126 Å². The first-order valence-corrected chi connectivity index (χ1v) is 8.63. The topological polar surface area (TPSA) is 37.0 Å². The van der Waals surface area contributed by atoms with Gasteiger partial charge in [0.05, 0.1) is 10.0 Å². The summed E-state index contributed by atoms with van der Waals surface area (Å²) >= 11 is 16.1. The lowest BCUT2D eigenvalue weighted by Crippen LogP contribution is -2.23. The Hall–Kier alpha value is 0.0300. The molecule has 0 bridgehead atoms. The zero-order valence-corrected chi connectivity index (χ0v) is 13.1. The van der Waals surface area contributed by atoms with Crippen molar-refractivity contribution in [1.82, 2.24) is 4.98 Å². The SMILES string of the molecule is CNc1nc(NCC2CSCCS2)c(Cl)cc1Cl. The molecule has 1 saturated heterocycles. The molecule has 1 aliphatic heterocycles. The van der Waals surface area contributed by atoms with Gasteiger partial charge in [-0.2, -0.15) is 23.5 Å². The summed E-state index contributed by atoms with van der Waals surface area (Å²) in [6.07, 6.45) is 0. The maximum absolute atomic E-state index is 6.13. The lowest BCUT2D eigenvalue weighted by molar-refractivity contribution is 0.993. The van der Waals surface area contributed by atoms with Crippen molar-refractivity contribution >= 4 is 58.4 Å². The van der Waals surface area contributed by atoms with E-state index in [0.29, 0.717) is 26.9 Å². The Morgan fingerprint density at radius 1 is 1.33 bits per heavy atom. The standard InChI is InChI=1S/C11H15Cl2N3S2/c1-14-10-8(12)4-9(13)11(16-10)15-5-7-6-17-2-3-18-7/h4,7H,2-3,5-6H2,1H3,(H2,14,15,16). The molecule has 1 aromatic heterocycles. The minimum Gasteiger partial charge on any atom is -0.372 e. The molecule has 2 N–H and O–H groups in total. The fraction of sp³-hybridized carbons (Fsp3) is 0.545. The molecule has 18 heavy (non-hydrogen) atoms. The Bertz CT molecular complexity index is 412. The van der Waals surface area contributed by atoms with E-state index in [4.69, 9.17) is 23.2 Å². The van der Waals surface area contributed by atoms with E-state index in [1.807, 2.05) is 23.5 Å². The minimum atomic E-state index is 0.538. The van der Waals surface area contributed by atoms with Crippen molar-refractivity contribution in [2.24, 2.45) is 0 Å². The summed E-state index contributed by atoms with van der Waals surface area (Å²) in [6, 6.07) is 1.72. The molecule has 0 spiro atoms. The number of thioether (sulfide) groups is 2. The number of hydrogen-bond acceptors (Lipinski definition) is 5. The molecule has 1 aliphatic rings. The Kier molecular flexibility index (Phi) is 5.60. The van der Waals surface area contributed by atoms with Crippen molar-refractivity contribution in [2.45, 2.75) is 5.25 Å². The van der Waals surface area contributed by atoms with Crippen molar-refractivity contribution in [3.8, 4) is 0 Å². The summed E-state index contributed by atoms with van der Waals surface area (Å²) in [5.74, 6) is 5.00. The number of anilines is 2. The summed E-state index contributed by atoms with van der Waals surface area (Å²) in [6.45, 7) is 0.884. The Balaban J connectivity index is 1.99. The summed E-state index contributed by atoms with van der Waals surface area (Å²) < 4.78 is 0. The molecule has 7 heteroatoms. The van der Waals surface area contributed by atoms with E-state index in [-0.39, 0.29) is 0 Å². The summed E-state index contributed by atoms with van der Waals surface area (Å²) in [7, 11) is 1.79. The quantitative estimate of drug-likeness (QED) is 0.883. The third-order valence-corrected chi connectivity index (χ3v) is 5.97. The van der Waals surface area contributed by atoms with Gasteiger partial charge >= 0.3 is 0 Å². The van der Waals surface area contributed by atoms with Crippen LogP contribution in [0.1, 0.15) is 0 Å². The minimum absolute atomic E-state index is 0.538. The summed E-state index contributed by atoms with van der Waals surface area (Å²) in [5.41, 5.74) is 0. The predicted molar refractivity (Wildman–Crippen MR) is 85.9 cm³/mol. The normalized spacial score (nSPS) is 19.6. The Morgan fingerprint density at radius 2 is 2.11 bits per heavy atom. The molecular weight excluding hydrogens is 309 g/mol. The van der Waals surface area contributed by atoms with Gasteiger partial charge in [-0.3, -0.25) is 0 Å². The van der Waals surface area contributed by atoms with Gasteiger partial charge in [-0.25, -0.2) is 4.98 Å². The maximum atomic E-state index is 6.13. The monoisotopic (exact) mass is 323 g/mol. The van der Waals surface area contributed by atoms with Crippen molar-refractivity contribution in [3.05, 3.63) is 16.1 Å². The first-order valence-electron chi connectivity index (χ1n) is 5.67. The van der Waals surface area contributed by atoms with Crippen LogP contribution in [0.15, 0.2) is 6.07 Å². The number of pyridine rings is 1. The molecule has 100 valence electrons. The van der Waals surface area contributed by atoms with Gasteiger partial charge in [0, 0.05) is 36.1 Å². The van der Waals surface area contributed by atoms with E-state index in [1.54, 1.807) is 13.1 Å². The molecule has 3 nitrogen and oxygen atoms in total. The molecule has 1 atom stereocenters. The van der Waals surface area contributed by atoms with Gasteiger partial charge in [-0.1, -0.05) is 23.2 Å². The molecular formula is C11H15Cl2N3S2. The highest BCUT2D eigenvalue weighted by Gasteiger charge is 2.15. The molecule has 1 unspecified atom stereocenters. The van der Waals surface area contributed by atoms with E-state index in [0.717, 1.165) is 6.54 Å². The van der Waals surface area contributed by atoms with Crippen LogP contribution < -0.4 is 10.6 Å². The molecule has 2 rings (SSSR count). The second kappa shape index (κ2) is 6.98. The molecule has 0 aliphatic carbocycles. The third kappa shape index (κ3) is 3.76. The third-order valence-electron chi connectivity index (χ3n) is 2.55. The average molecular weight is 324 g/mol. The number of rotatable bonds is 4. The summed E-state index contributed by atoms with van der Waals surface area (Å²) in [5, 5.41) is 7.98. The van der Waals surface area contributed by atoms with Gasteiger partial charge in [0.2, 0.25) is 0 Å². The van der Waals surface area contributed by atoms with Crippen molar-refractivity contribution in [2.75, 3.05) is 41.5 Å². The first kappa shape index (κ1) is 14.4. The van der Waals surface area contributed by atoms with Crippen LogP contribution in [0.4, 0.5) is 11.6 Å². The molecule has 1 aromatic rings. The number of nitrogens with zero attached hydrogens (tertiary/aromatic N) is 1. The predicted octanol–water partition coefficient (Wildman–Crippen LogP) is 3.69. The fourth-order valence-corrected chi connectivity index (χ4v) is 4.76. The van der Waals surface area contributed by atoms with Crippen LogP contribution in [0.2, 0.25) is 10.0 Å². The van der Waals surface area contributed by atoms with Crippen molar-refractivity contribution in [3.63, 3.8) is 0 Å². The lowest BCUT2D eigenvalue weighted by atomic mass is 10.4. The van der Waals surface area contributed by atoms with Crippen molar-refractivity contribution < 1.29 is 0 Å². The van der Waals surface area contributed by atoms with Gasteiger partial charge in [-0.15, -0.1) is 0 Å². The van der Waals surface area contributed by atoms with Crippen molar-refractivity contribution in [1.29, 1.82) is 0 Å². The highest BCUT2D eigenvalue weighted by atomic mass is 35.5. The number of nitrogens with one attached hydrogen (secondary N) is 2. The molecule has 0 aromatic carbocycles. The van der Waals surface area contributed by atoms with Gasteiger partial charge in [0.1, 0.15) is 11.6 Å². The van der Waals surface area contributed by atoms with Gasteiger partial charge < -0.3 is 10.6 Å². The highest BCUT2D eigenvalue weighted by molar-refractivity contribution is 8.06. The van der Waals surface area contributed by atoms with E-state index in [2.05, 4.69) is 15.6 Å². The number of hydrogen-bond donors (Lipinski definition) is 2. The van der Waals surface area contributed by atoms with Crippen LogP contribution in [-0.2, 0) is 0 Å². The van der Waals surface area contributed by atoms with Crippen LogP contribution >= 0.6 is 46.7 Å². The summed E-state index contributed by atoms with van der Waals surface area (Å²) in [4.78, 5) is 4.37. The molecule has 0 radical (unpaired) electrons. The molecule has 0 saturated carbocycles. The zero-order valence-electron chi connectivity index (χ0n) is 10.0. The van der Waals surface area contributed by atoms with Crippen LogP contribution in [0.25, 0.3) is 0 Å². The smallest absolute Gasteiger partial charge is 0.147 e. The van der Waals surface area contributed by atoms with E-state index >= 15 is 0 Å². The van der Waals surface area contributed by atoms with E-state index in [9.17, 15) is 0 Å². The van der Waals surface area contributed by atoms with Gasteiger partial charge in [0.25, 0.3) is 0 Å². The largest absolute Gasteiger partial charge is 0.372 e. The fourth-order valence-electron chi connectivity index (χ4n) is 1.63. The average Bonchev–Trinajstić information content (AvgIpc) is 2.39. The molecule has 0 amide bonds. The second-order valence-corrected chi connectivity index (χ2v) is 7.22. The van der Waals surface area contributed by atoms with Crippen LogP contribution in [0, 0.1) is 0 Å². The lowest BCUT2D eigenvalue weighted by Gasteiger charge is -2.21. The van der Waals surface area contributed by atoms with Gasteiger partial charge in [0.15, 0.2) is 0 Å².